The summed E-state index contributed by atoms with van der Waals surface area (Å²) in [5.41, 5.74) is 7.93. The molecule has 2 unspecified atom stereocenters. The average molecular weight is 374 g/mol. The first kappa shape index (κ1) is 18.0. The second-order valence-corrected chi connectivity index (χ2v) is 8.45. The molecule has 0 saturated carbocycles. The van der Waals surface area contributed by atoms with Gasteiger partial charge in [0.25, 0.3) is 0 Å². The zero-order valence-electron chi connectivity index (χ0n) is 16.0. The van der Waals surface area contributed by atoms with Crippen LogP contribution in [-0.2, 0) is 27.9 Å². The average Bonchev–Trinajstić information content (AvgIpc) is 3.14. The number of nitrogens with zero attached hydrogens (tertiary/aromatic N) is 2. The molecule has 2 fully saturated rings. The van der Waals surface area contributed by atoms with Gasteiger partial charge < -0.3 is 20.5 Å². The van der Waals surface area contributed by atoms with Crippen LogP contribution in [0.15, 0.2) is 6.20 Å². The number of nitrogens with one attached hydrogen (secondary N) is 1. The molecule has 0 radical (unpaired) electrons. The molecule has 3 aliphatic rings. The molecule has 2 amide bonds. The second-order valence-electron chi connectivity index (χ2n) is 8.45. The third kappa shape index (κ3) is 2.74. The van der Waals surface area contributed by atoms with Crippen LogP contribution < -0.4 is 11.1 Å². The van der Waals surface area contributed by atoms with E-state index in [4.69, 9.17) is 15.2 Å². The Morgan fingerprint density at radius 3 is 2.96 bits per heavy atom. The van der Waals surface area contributed by atoms with E-state index in [1.165, 1.54) is 0 Å². The van der Waals surface area contributed by atoms with Gasteiger partial charge in [-0.05, 0) is 58.6 Å². The third-order valence-electron chi connectivity index (χ3n) is 5.48. The van der Waals surface area contributed by atoms with Crippen molar-refractivity contribution in [1.29, 1.82) is 0 Å². The highest BCUT2D eigenvalue weighted by Crippen LogP contribution is 2.48. The summed E-state index contributed by atoms with van der Waals surface area (Å²) >= 11 is 0. The van der Waals surface area contributed by atoms with Gasteiger partial charge in [0.1, 0.15) is 17.2 Å². The Morgan fingerprint density at radius 1 is 1.44 bits per heavy atom. The third-order valence-corrected chi connectivity index (χ3v) is 5.48. The number of hydrogen-bond acceptors (Lipinski definition) is 7. The molecule has 1 aliphatic carbocycles. The van der Waals surface area contributed by atoms with Gasteiger partial charge in [0, 0.05) is 17.8 Å². The summed E-state index contributed by atoms with van der Waals surface area (Å²) in [5, 5.41) is 3.32. The maximum absolute atomic E-state index is 13.0. The van der Waals surface area contributed by atoms with Crippen LogP contribution in [0.5, 0.6) is 0 Å². The van der Waals surface area contributed by atoms with E-state index in [2.05, 4.69) is 10.3 Å². The van der Waals surface area contributed by atoms with Crippen LogP contribution in [0.3, 0.4) is 0 Å². The molecule has 0 spiro atoms. The number of fused-ring (bicyclic) bond motifs is 2. The van der Waals surface area contributed by atoms with E-state index in [-0.39, 0.29) is 0 Å². The standard InChI is InChI=1S/C19H26N4O4/c1-18(2,3)27-17(25)23-16(24)26-14-7-8-21-10-19(14,23)15-11-5-4-6-13(11)22-9-12(15)20/h9,14,21H,4-8,10,20H2,1-3H3. The summed E-state index contributed by atoms with van der Waals surface area (Å²) in [4.78, 5) is 31.4. The van der Waals surface area contributed by atoms with Crippen LogP contribution >= 0.6 is 0 Å². The van der Waals surface area contributed by atoms with E-state index in [1.807, 2.05) is 0 Å². The van der Waals surface area contributed by atoms with Gasteiger partial charge >= 0.3 is 12.2 Å². The Morgan fingerprint density at radius 2 is 2.22 bits per heavy atom. The Bertz CT molecular complexity index is 804. The van der Waals surface area contributed by atoms with E-state index >= 15 is 0 Å². The molecule has 2 atom stereocenters. The predicted octanol–water partition coefficient (Wildman–Crippen LogP) is 2.10. The Hall–Kier alpha value is -2.35. The van der Waals surface area contributed by atoms with Crippen molar-refractivity contribution in [2.24, 2.45) is 0 Å². The van der Waals surface area contributed by atoms with Crippen LogP contribution in [0.4, 0.5) is 15.3 Å². The largest absolute Gasteiger partial charge is 0.443 e. The molecular weight excluding hydrogens is 348 g/mol. The van der Waals surface area contributed by atoms with E-state index < -0.39 is 29.4 Å². The van der Waals surface area contributed by atoms with Crippen molar-refractivity contribution in [1.82, 2.24) is 15.2 Å². The Labute approximate surface area is 158 Å². The minimum absolute atomic E-state index is 0.378. The molecule has 146 valence electrons. The normalized spacial score (nSPS) is 27.1. The van der Waals surface area contributed by atoms with Crippen molar-refractivity contribution in [2.75, 3.05) is 18.8 Å². The molecule has 3 N–H and O–H groups in total. The molecule has 3 heterocycles. The van der Waals surface area contributed by atoms with Crippen LogP contribution in [0.2, 0.25) is 0 Å². The number of hydrogen-bond donors (Lipinski definition) is 2. The lowest BCUT2D eigenvalue weighted by molar-refractivity contribution is 0.00743. The number of ether oxygens (including phenoxy) is 2. The monoisotopic (exact) mass is 374 g/mol. The van der Waals surface area contributed by atoms with Crippen molar-refractivity contribution >= 4 is 17.9 Å². The quantitative estimate of drug-likeness (QED) is 0.775. The van der Waals surface area contributed by atoms with Crippen molar-refractivity contribution in [3.63, 3.8) is 0 Å². The van der Waals surface area contributed by atoms with Crippen LogP contribution in [0, 0.1) is 0 Å². The van der Waals surface area contributed by atoms with Crippen LogP contribution in [0.25, 0.3) is 0 Å². The summed E-state index contributed by atoms with van der Waals surface area (Å²) in [6, 6.07) is 0. The molecule has 8 heteroatoms. The highest BCUT2D eigenvalue weighted by molar-refractivity contribution is 5.92. The highest BCUT2D eigenvalue weighted by atomic mass is 16.6. The fourth-order valence-electron chi connectivity index (χ4n) is 4.52. The molecule has 1 aromatic rings. The molecule has 0 aromatic carbocycles. The van der Waals surface area contributed by atoms with Crippen molar-refractivity contribution in [2.45, 2.75) is 63.7 Å². The summed E-state index contributed by atoms with van der Waals surface area (Å²) in [5.74, 6) is 0. The van der Waals surface area contributed by atoms with Crippen LogP contribution in [-0.4, -0.2) is 46.9 Å². The number of carbonyl (C=O) groups is 2. The van der Waals surface area contributed by atoms with Gasteiger partial charge in [-0.3, -0.25) is 4.98 Å². The Kier molecular flexibility index (Phi) is 4.06. The molecule has 2 aliphatic heterocycles. The molecule has 27 heavy (non-hydrogen) atoms. The molecule has 1 aromatic heterocycles. The zero-order chi connectivity index (χ0) is 19.4. The fraction of sp³-hybridized carbons (Fsp3) is 0.632. The Balaban J connectivity index is 1.89. The molecular formula is C19H26N4O4. The highest BCUT2D eigenvalue weighted by Gasteiger charge is 2.62. The minimum atomic E-state index is -1.01. The fourth-order valence-corrected chi connectivity index (χ4v) is 4.52. The predicted molar refractivity (Wildman–Crippen MR) is 98.2 cm³/mol. The summed E-state index contributed by atoms with van der Waals surface area (Å²) in [7, 11) is 0. The number of anilines is 1. The first-order valence-electron chi connectivity index (χ1n) is 9.45. The van der Waals surface area contributed by atoms with Crippen LogP contribution in [0.1, 0.15) is 50.4 Å². The van der Waals surface area contributed by atoms with Gasteiger partial charge in [-0.25, -0.2) is 9.59 Å². The number of aromatic nitrogens is 1. The van der Waals surface area contributed by atoms with Gasteiger partial charge in [-0.1, -0.05) is 0 Å². The number of amides is 2. The number of imide groups is 1. The molecule has 0 bridgehead atoms. The van der Waals surface area contributed by atoms with Gasteiger partial charge in [-0.2, -0.15) is 4.90 Å². The topological polar surface area (TPSA) is 107 Å². The van der Waals surface area contributed by atoms with Crippen molar-refractivity contribution in [3.8, 4) is 0 Å². The lowest BCUT2D eigenvalue weighted by Crippen LogP contribution is -2.61. The van der Waals surface area contributed by atoms with E-state index in [0.29, 0.717) is 25.2 Å². The second kappa shape index (κ2) is 6.09. The molecule has 4 rings (SSSR count). The first-order valence-corrected chi connectivity index (χ1v) is 9.45. The van der Waals surface area contributed by atoms with E-state index in [9.17, 15) is 9.59 Å². The minimum Gasteiger partial charge on any atom is -0.443 e. The number of carbonyl (C=O) groups excluding carboxylic acids is 2. The SMILES string of the molecule is CC(C)(C)OC(=O)N1C(=O)OC2CCNCC21c1c(N)cnc2c1CCC2. The van der Waals surface area contributed by atoms with Crippen molar-refractivity contribution < 1.29 is 19.1 Å². The van der Waals surface area contributed by atoms with Gasteiger partial charge in [0.2, 0.25) is 0 Å². The molecule has 8 nitrogen and oxygen atoms in total. The number of pyridine rings is 1. The maximum Gasteiger partial charge on any atom is 0.420 e. The molecule has 2 saturated heterocycles. The zero-order valence-corrected chi connectivity index (χ0v) is 16.0. The summed E-state index contributed by atoms with van der Waals surface area (Å²) < 4.78 is 11.2. The van der Waals surface area contributed by atoms with Crippen molar-refractivity contribution in [3.05, 3.63) is 23.0 Å². The smallest absolute Gasteiger partial charge is 0.420 e. The number of rotatable bonds is 1. The number of aryl methyl sites for hydroxylation is 1. The number of nitrogen functional groups attached to an aromatic ring is 1. The first-order chi connectivity index (χ1) is 12.7. The summed E-state index contributed by atoms with van der Waals surface area (Å²) in [6.07, 6.45) is 3.06. The van der Waals surface area contributed by atoms with Gasteiger partial charge in [0.15, 0.2) is 0 Å². The number of piperidine rings is 1. The van der Waals surface area contributed by atoms with E-state index in [1.54, 1.807) is 27.0 Å². The van der Waals surface area contributed by atoms with E-state index in [0.717, 1.165) is 41.0 Å². The lowest BCUT2D eigenvalue weighted by Gasteiger charge is -2.43. The summed E-state index contributed by atoms with van der Waals surface area (Å²) in [6.45, 7) is 6.40. The van der Waals surface area contributed by atoms with Gasteiger partial charge in [0.05, 0.1) is 11.9 Å². The maximum atomic E-state index is 13.0. The lowest BCUT2D eigenvalue weighted by atomic mass is 9.77. The van der Waals surface area contributed by atoms with Gasteiger partial charge in [-0.15, -0.1) is 0 Å². The number of nitrogens with two attached hydrogens (primary N) is 1.